The fourth-order valence-electron chi connectivity index (χ4n) is 3.82. The molecule has 0 aromatic rings. The minimum absolute atomic E-state index is 0.101. The van der Waals surface area contributed by atoms with Crippen LogP contribution in [0.5, 0.6) is 0 Å². The number of carbonyl (C=O) groups is 1. The normalized spacial score (nSPS) is 36.5. The van der Waals surface area contributed by atoms with Gasteiger partial charge in [0.25, 0.3) is 0 Å². The van der Waals surface area contributed by atoms with Crippen LogP contribution in [0.1, 0.15) is 65.7 Å². The molecule has 1 amide bonds. The first kappa shape index (κ1) is 15.7. The van der Waals surface area contributed by atoms with Gasteiger partial charge in [0.05, 0.1) is 10.5 Å². The third kappa shape index (κ3) is 3.00. The molecule has 2 rings (SSSR count). The Bertz CT molecular complexity index is 397. The highest BCUT2D eigenvalue weighted by molar-refractivity contribution is 7.80. The van der Waals surface area contributed by atoms with Crippen LogP contribution < -0.4 is 11.1 Å². The molecule has 1 atom stereocenters. The van der Waals surface area contributed by atoms with Crippen molar-refractivity contribution in [2.45, 2.75) is 71.3 Å². The van der Waals surface area contributed by atoms with Gasteiger partial charge >= 0.3 is 0 Å². The average Bonchev–Trinajstić information content (AvgIpc) is 2.72. The minimum Gasteiger partial charge on any atom is -0.391 e. The van der Waals surface area contributed by atoms with Crippen LogP contribution in [-0.2, 0) is 4.79 Å². The molecule has 2 saturated carbocycles. The second-order valence-electron chi connectivity index (χ2n) is 7.55. The van der Waals surface area contributed by atoms with Gasteiger partial charge < -0.3 is 11.1 Å². The van der Waals surface area contributed by atoms with Gasteiger partial charge in [0.15, 0.2) is 0 Å². The summed E-state index contributed by atoms with van der Waals surface area (Å²) < 4.78 is 0. The summed E-state index contributed by atoms with van der Waals surface area (Å²) in [7, 11) is 0. The quantitative estimate of drug-likeness (QED) is 0.787. The van der Waals surface area contributed by atoms with Crippen molar-refractivity contribution < 1.29 is 4.79 Å². The van der Waals surface area contributed by atoms with Gasteiger partial charge in [-0.15, -0.1) is 0 Å². The second kappa shape index (κ2) is 5.63. The molecule has 0 bridgehead atoms. The molecule has 1 unspecified atom stereocenters. The SMILES string of the molecule is CC1CCC(NC(=O)C2CCCC2(C)C)(C(N)=S)CC1. The lowest BCUT2D eigenvalue weighted by Crippen LogP contribution is -2.60. The zero-order valence-electron chi connectivity index (χ0n) is 13.0. The van der Waals surface area contributed by atoms with E-state index in [0.29, 0.717) is 10.9 Å². The highest BCUT2D eigenvalue weighted by Gasteiger charge is 2.44. The fraction of sp³-hybridized carbons (Fsp3) is 0.875. The predicted octanol–water partition coefficient (Wildman–Crippen LogP) is 3.16. The van der Waals surface area contributed by atoms with E-state index in [1.165, 1.54) is 0 Å². The molecule has 2 aliphatic rings. The highest BCUT2D eigenvalue weighted by Crippen LogP contribution is 2.43. The molecule has 3 nitrogen and oxygen atoms in total. The molecule has 0 aliphatic heterocycles. The number of hydrogen-bond acceptors (Lipinski definition) is 2. The first-order valence-corrected chi connectivity index (χ1v) is 8.30. The molecular formula is C16H28N2OS. The summed E-state index contributed by atoms with van der Waals surface area (Å²) in [5.41, 5.74) is 5.65. The lowest BCUT2D eigenvalue weighted by molar-refractivity contribution is -0.129. The number of hydrogen-bond donors (Lipinski definition) is 2. The van der Waals surface area contributed by atoms with E-state index in [1.807, 2.05) is 0 Å². The van der Waals surface area contributed by atoms with Gasteiger partial charge in [0.2, 0.25) is 5.91 Å². The van der Waals surface area contributed by atoms with Crippen LogP contribution >= 0.6 is 12.2 Å². The Kier molecular flexibility index (Phi) is 4.43. The summed E-state index contributed by atoms with van der Waals surface area (Å²) in [6.45, 7) is 6.65. The summed E-state index contributed by atoms with van der Waals surface area (Å²) in [4.78, 5) is 13.2. The van der Waals surface area contributed by atoms with E-state index in [0.717, 1.165) is 44.9 Å². The van der Waals surface area contributed by atoms with E-state index in [4.69, 9.17) is 18.0 Å². The van der Waals surface area contributed by atoms with Gasteiger partial charge in [-0.2, -0.15) is 0 Å². The topological polar surface area (TPSA) is 55.1 Å². The van der Waals surface area contributed by atoms with Crippen molar-refractivity contribution in [1.29, 1.82) is 0 Å². The van der Waals surface area contributed by atoms with E-state index < -0.39 is 5.54 Å². The molecule has 2 fully saturated rings. The zero-order valence-corrected chi connectivity index (χ0v) is 13.8. The molecule has 0 radical (unpaired) electrons. The fourth-order valence-corrected chi connectivity index (χ4v) is 4.08. The van der Waals surface area contributed by atoms with E-state index in [-0.39, 0.29) is 17.2 Å². The number of nitrogens with one attached hydrogen (secondary N) is 1. The lowest BCUT2D eigenvalue weighted by atomic mass is 9.75. The highest BCUT2D eigenvalue weighted by atomic mass is 32.1. The maximum Gasteiger partial charge on any atom is 0.224 e. The third-order valence-electron chi connectivity index (χ3n) is 5.54. The van der Waals surface area contributed by atoms with Crippen LogP contribution in [0.25, 0.3) is 0 Å². The number of rotatable bonds is 3. The van der Waals surface area contributed by atoms with Gasteiger partial charge in [-0.25, -0.2) is 0 Å². The van der Waals surface area contributed by atoms with Crippen molar-refractivity contribution in [3.63, 3.8) is 0 Å². The van der Waals surface area contributed by atoms with E-state index >= 15 is 0 Å². The summed E-state index contributed by atoms with van der Waals surface area (Å²) >= 11 is 5.28. The Labute approximate surface area is 128 Å². The number of nitrogens with two attached hydrogens (primary N) is 1. The molecule has 0 saturated heterocycles. The van der Waals surface area contributed by atoms with Crippen LogP contribution in [0.3, 0.4) is 0 Å². The molecule has 0 spiro atoms. The van der Waals surface area contributed by atoms with Gasteiger partial charge in [-0.1, -0.05) is 39.4 Å². The Morgan fingerprint density at radius 2 is 1.80 bits per heavy atom. The predicted molar refractivity (Wildman–Crippen MR) is 86.4 cm³/mol. The Morgan fingerprint density at radius 1 is 1.20 bits per heavy atom. The van der Waals surface area contributed by atoms with Crippen molar-refractivity contribution >= 4 is 23.1 Å². The van der Waals surface area contributed by atoms with Gasteiger partial charge in [-0.05, 0) is 49.9 Å². The third-order valence-corrected chi connectivity index (χ3v) is 5.93. The summed E-state index contributed by atoms with van der Waals surface area (Å²) in [5, 5.41) is 3.24. The molecule has 0 aromatic carbocycles. The van der Waals surface area contributed by atoms with Crippen molar-refractivity contribution in [2.75, 3.05) is 0 Å². The van der Waals surface area contributed by atoms with Gasteiger partial charge in [-0.3, -0.25) is 4.79 Å². The maximum absolute atomic E-state index is 12.7. The van der Waals surface area contributed by atoms with Crippen molar-refractivity contribution in [1.82, 2.24) is 5.32 Å². The summed E-state index contributed by atoms with van der Waals surface area (Å²) in [6, 6.07) is 0. The average molecular weight is 296 g/mol. The largest absolute Gasteiger partial charge is 0.391 e. The van der Waals surface area contributed by atoms with Crippen molar-refractivity contribution in [3.8, 4) is 0 Å². The van der Waals surface area contributed by atoms with Gasteiger partial charge in [0, 0.05) is 5.92 Å². The number of thiocarbonyl (C=S) groups is 1. The van der Waals surface area contributed by atoms with Crippen LogP contribution in [-0.4, -0.2) is 16.4 Å². The van der Waals surface area contributed by atoms with E-state index in [2.05, 4.69) is 26.1 Å². The molecule has 20 heavy (non-hydrogen) atoms. The van der Waals surface area contributed by atoms with Crippen LogP contribution in [0, 0.1) is 17.3 Å². The monoisotopic (exact) mass is 296 g/mol. The van der Waals surface area contributed by atoms with E-state index in [9.17, 15) is 4.79 Å². The molecule has 2 aliphatic carbocycles. The van der Waals surface area contributed by atoms with Crippen molar-refractivity contribution in [2.24, 2.45) is 23.0 Å². The summed E-state index contributed by atoms with van der Waals surface area (Å²) in [6.07, 6.45) is 7.22. The van der Waals surface area contributed by atoms with E-state index in [1.54, 1.807) is 0 Å². The molecule has 0 aromatic heterocycles. The first-order valence-electron chi connectivity index (χ1n) is 7.89. The molecule has 0 heterocycles. The zero-order chi connectivity index (χ0) is 15.0. The molecule has 4 heteroatoms. The van der Waals surface area contributed by atoms with Crippen LogP contribution in [0.4, 0.5) is 0 Å². The number of carbonyl (C=O) groups excluding carboxylic acids is 1. The first-order chi connectivity index (χ1) is 9.27. The minimum atomic E-state index is -0.433. The maximum atomic E-state index is 12.7. The summed E-state index contributed by atoms with van der Waals surface area (Å²) in [5.74, 6) is 0.972. The Hall–Kier alpha value is -0.640. The molecule has 114 valence electrons. The van der Waals surface area contributed by atoms with Crippen LogP contribution in [0.15, 0.2) is 0 Å². The van der Waals surface area contributed by atoms with Crippen molar-refractivity contribution in [3.05, 3.63) is 0 Å². The standard InChI is InChI=1S/C16H28N2OS/c1-11-6-9-16(10-7-11,14(17)20)18-13(19)12-5-4-8-15(12,2)3/h11-12H,4-10H2,1-3H3,(H2,17,20)(H,18,19). The molecular weight excluding hydrogens is 268 g/mol. The number of amides is 1. The second-order valence-corrected chi connectivity index (χ2v) is 7.99. The van der Waals surface area contributed by atoms with Gasteiger partial charge in [0.1, 0.15) is 0 Å². The Morgan fingerprint density at radius 3 is 2.25 bits per heavy atom. The molecule has 3 N–H and O–H groups in total. The lowest BCUT2D eigenvalue weighted by Gasteiger charge is -2.41. The smallest absolute Gasteiger partial charge is 0.224 e. The van der Waals surface area contributed by atoms with Crippen LogP contribution in [0.2, 0.25) is 0 Å². The Balaban J connectivity index is 2.09.